The van der Waals surface area contributed by atoms with Crippen LogP contribution in [0.15, 0.2) is 60.8 Å². The number of pyridine rings is 1. The Balaban J connectivity index is 1.23. The van der Waals surface area contributed by atoms with Gasteiger partial charge in [-0.1, -0.05) is 56.3 Å². The van der Waals surface area contributed by atoms with Gasteiger partial charge in [-0.25, -0.2) is 14.0 Å². The Morgan fingerprint density at radius 3 is 2.44 bits per heavy atom. The lowest BCUT2D eigenvalue weighted by Gasteiger charge is -2.63. The minimum absolute atomic E-state index is 0.00862. The van der Waals surface area contributed by atoms with Crippen molar-refractivity contribution in [2.45, 2.75) is 104 Å². The molecule has 62 heavy (non-hydrogen) atoms. The van der Waals surface area contributed by atoms with E-state index < -0.39 is 71.5 Å². The number of nitrogens with one attached hydrogen (secondary N) is 2. The van der Waals surface area contributed by atoms with Crippen LogP contribution in [-0.4, -0.2) is 102 Å². The first-order chi connectivity index (χ1) is 29.3. The number of benzene rings is 2. The highest BCUT2D eigenvalue weighted by molar-refractivity contribution is 6.48. The number of imide groups is 1. The Bertz CT molecular complexity index is 2220. The monoisotopic (exact) mass is 855 g/mol. The third kappa shape index (κ3) is 8.87. The van der Waals surface area contributed by atoms with Crippen LogP contribution in [0.4, 0.5) is 9.18 Å². The van der Waals surface area contributed by atoms with Crippen LogP contribution in [0.3, 0.4) is 0 Å². The molecule has 15 nitrogen and oxygen atoms in total. The molecule has 2 aliphatic heterocycles. The molecule has 2 saturated heterocycles. The molecule has 2 bridgehead atoms. The molecule has 3 aliphatic carbocycles. The summed E-state index contributed by atoms with van der Waals surface area (Å²) in [6.45, 7) is 13.7. The number of likely N-dealkylation sites (N-methyl/N-ethyl adjacent to an activating group) is 1. The molecule has 0 spiro atoms. The topological polar surface area (TPSA) is 175 Å². The van der Waals surface area contributed by atoms with Crippen LogP contribution in [0.25, 0.3) is 0 Å². The number of urea groups is 1. The van der Waals surface area contributed by atoms with Crippen LogP contribution < -0.4 is 20.1 Å². The number of rotatable bonds is 13. The average molecular weight is 856 g/mol. The van der Waals surface area contributed by atoms with Gasteiger partial charge in [0.2, 0.25) is 5.91 Å². The lowest BCUT2D eigenvalue weighted by molar-refractivity contribution is -0.185. The summed E-state index contributed by atoms with van der Waals surface area (Å²) in [7, 11) is 0.385. The molecule has 3 saturated carbocycles. The van der Waals surface area contributed by atoms with Gasteiger partial charge < -0.3 is 39.1 Å². The Hall–Kier alpha value is -5.55. The quantitative estimate of drug-likeness (QED) is 0.131. The summed E-state index contributed by atoms with van der Waals surface area (Å²) in [6.07, 6.45) is 2.63. The molecule has 330 valence electrons. The van der Waals surface area contributed by atoms with Gasteiger partial charge in [0.05, 0.1) is 31.0 Å². The zero-order valence-corrected chi connectivity index (χ0v) is 36.5. The lowest BCUT2D eigenvalue weighted by atomic mass is 9.45. The van der Waals surface area contributed by atoms with Crippen molar-refractivity contribution in [1.82, 2.24) is 25.4 Å². The summed E-state index contributed by atoms with van der Waals surface area (Å²) in [5.41, 5.74) is -0.443. The van der Waals surface area contributed by atoms with Gasteiger partial charge in [-0.2, -0.15) is 0 Å². The molecule has 2 aromatic carbocycles. The van der Waals surface area contributed by atoms with E-state index >= 15 is 4.39 Å². The number of para-hydroxylation sites is 1. The number of esters is 1. The van der Waals surface area contributed by atoms with Gasteiger partial charge in [-0.05, 0) is 88.3 Å². The zero-order valence-electron chi connectivity index (χ0n) is 36.5. The second-order valence-corrected chi connectivity index (χ2v) is 18.3. The lowest BCUT2D eigenvalue weighted by Crippen LogP contribution is -2.63. The number of carbonyl (C=O) groups is 5. The molecule has 8 rings (SSSR count). The first-order valence-corrected chi connectivity index (χ1v) is 21.1. The molecular weight excluding hydrogens is 800 g/mol. The third-order valence-electron chi connectivity index (χ3n) is 12.7. The number of halogens is 1. The van der Waals surface area contributed by atoms with Crippen LogP contribution in [0.2, 0.25) is 0 Å². The van der Waals surface area contributed by atoms with E-state index in [1.807, 2.05) is 37.3 Å². The summed E-state index contributed by atoms with van der Waals surface area (Å²) >= 11 is 0. The predicted molar refractivity (Wildman–Crippen MR) is 224 cm³/mol. The van der Waals surface area contributed by atoms with Crippen molar-refractivity contribution < 1.29 is 51.9 Å². The first-order valence-electron chi connectivity index (χ1n) is 21.1. The van der Waals surface area contributed by atoms with Crippen molar-refractivity contribution in [3.05, 3.63) is 89.0 Å². The highest BCUT2D eigenvalue weighted by Gasteiger charge is 2.67. The van der Waals surface area contributed by atoms with E-state index in [4.69, 9.17) is 23.5 Å². The zero-order chi connectivity index (χ0) is 44.7. The molecule has 5 aliphatic rings. The molecule has 2 N–H and O–H groups in total. The van der Waals surface area contributed by atoms with Gasteiger partial charge in [-0.15, -0.1) is 0 Å². The molecule has 5 fully saturated rings. The highest BCUT2D eigenvalue weighted by Crippen LogP contribution is 2.64. The summed E-state index contributed by atoms with van der Waals surface area (Å²) in [5, 5.41) is 5.45. The van der Waals surface area contributed by atoms with Crippen molar-refractivity contribution in [3.8, 4) is 11.5 Å². The van der Waals surface area contributed by atoms with Crippen molar-refractivity contribution in [2.24, 2.45) is 17.3 Å². The minimum atomic E-state index is -1.83. The Labute approximate surface area is 361 Å². The molecule has 1 aromatic heterocycles. The fourth-order valence-electron chi connectivity index (χ4n) is 9.21. The maximum absolute atomic E-state index is 16.3. The number of piperazine rings is 1. The number of nitrogens with zero attached hydrogens (tertiary/aromatic N) is 3. The fourth-order valence-corrected chi connectivity index (χ4v) is 9.21. The van der Waals surface area contributed by atoms with Crippen LogP contribution in [-0.2, 0) is 41.5 Å². The SMILES string of the molecule is CCN1CCN(C(=O)NC(C(=O)N[C@@H](Cc2cccc(C(=O)OC(C)(C)C)c2OC)B2O[C@@H]3[C@@H]4C[C@H](C[C@]3(C)O2)C4(C)C)c2ncc(OCc3ccccc3)cc2F)C(=O)C1=O. The van der Waals surface area contributed by atoms with E-state index in [9.17, 15) is 24.0 Å². The summed E-state index contributed by atoms with van der Waals surface area (Å²) in [6, 6.07) is 12.3. The Morgan fingerprint density at radius 2 is 1.77 bits per heavy atom. The van der Waals surface area contributed by atoms with Gasteiger partial charge >= 0.3 is 30.9 Å². The number of amides is 5. The van der Waals surface area contributed by atoms with E-state index in [0.29, 0.717) is 16.4 Å². The molecular formula is C45H55BFN5O10. The number of aromatic nitrogens is 1. The third-order valence-corrected chi connectivity index (χ3v) is 12.7. The second-order valence-electron chi connectivity index (χ2n) is 18.3. The minimum Gasteiger partial charge on any atom is -0.496 e. The van der Waals surface area contributed by atoms with Crippen LogP contribution >= 0.6 is 0 Å². The van der Waals surface area contributed by atoms with E-state index in [1.165, 1.54) is 18.2 Å². The van der Waals surface area contributed by atoms with Crippen LogP contribution in [0, 0.1) is 23.1 Å². The maximum Gasteiger partial charge on any atom is 0.482 e. The van der Waals surface area contributed by atoms with Crippen molar-refractivity contribution in [3.63, 3.8) is 0 Å². The normalized spacial score (nSPS) is 23.8. The van der Waals surface area contributed by atoms with Crippen molar-refractivity contribution in [2.75, 3.05) is 26.7 Å². The van der Waals surface area contributed by atoms with E-state index in [-0.39, 0.29) is 67.2 Å². The van der Waals surface area contributed by atoms with Crippen molar-refractivity contribution in [1.29, 1.82) is 0 Å². The summed E-state index contributed by atoms with van der Waals surface area (Å²) in [4.78, 5) is 74.2. The van der Waals surface area contributed by atoms with Gasteiger partial charge in [-0.3, -0.25) is 24.3 Å². The Kier molecular flexibility index (Phi) is 12.4. The van der Waals surface area contributed by atoms with Gasteiger partial charge in [0.25, 0.3) is 0 Å². The number of hydrogen-bond donors (Lipinski definition) is 2. The molecule has 5 amide bonds. The molecule has 3 aromatic rings. The van der Waals surface area contributed by atoms with Gasteiger partial charge in [0.15, 0.2) is 11.9 Å². The standard InChI is InChI=1S/C45H55BFN5O10/c1-9-51-18-19-52(40(55)39(51)54)42(57)50-35(34-32(47)22-29(24-48-34)59-25-26-14-11-10-12-15-26)38(53)49-33(46-61-37-31-21-28(44(31,5)6)23-45(37,7)62-46)20-27-16-13-17-30(36(27)58-8)41(56)60-43(2,3)4/h10-17,22,24,28,31,33,35,37H,9,18-21,23,25H2,1-8H3,(H,49,53)(H,50,57)/t28-,31+,33+,35?,37-,45+/m1/s1. The number of carbonyl (C=O) groups excluding carboxylic acids is 5. The number of methoxy groups -OCH3 is 1. The van der Waals surface area contributed by atoms with Crippen molar-refractivity contribution >= 4 is 36.8 Å². The fraction of sp³-hybridized carbons (Fsp3) is 0.511. The summed E-state index contributed by atoms with van der Waals surface area (Å²) < 4.78 is 47.1. The van der Waals surface area contributed by atoms with E-state index in [0.717, 1.165) is 24.5 Å². The molecule has 17 heteroatoms. The number of hydrogen-bond acceptors (Lipinski definition) is 11. The average Bonchev–Trinajstić information content (AvgIpc) is 3.60. The van der Waals surface area contributed by atoms with E-state index in [2.05, 4.69) is 29.5 Å². The Morgan fingerprint density at radius 1 is 1.03 bits per heavy atom. The molecule has 6 atom stereocenters. The maximum atomic E-state index is 16.3. The van der Waals surface area contributed by atoms with E-state index in [1.54, 1.807) is 45.9 Å². The predicted octanol–water partition coefficient (Wildman–Crippen LogP) is 5.20. The first kappa shape index (κ1) is 44.5. The highest BCUT2D eigenvalue weighted by atomic mass is 19.1. The second kappa shape index (κ2) is 17.3. The smallest absolute Gasteiger partial charge is 0.482 e. The summed E-state index contributed by atoms with van der Waals surface area (Å²) in [5.74, 6) is -4.61. The molecule has 0 radical (unpaired) electrons. The van der Waals surface area contributed by atoms with Gasteiger partial charge in [0.1, 0.15) is 35.0 Å². The number of ether oxygens (including phenoxy) is 3. The van der Waals surface area contributed by atoms with Crippen LogP contribution in [0.1, 0.15) is 94.5 Å². The molecule has 3 heterocycles. The largest absolute Gasteiger partial charge is 0.496 e. The van der Waals surface area contributed by atoms with Crippen LogP contribution in [0.5, 0.6) is 11.5 Å². The molecule has 1 unspecified atom stereocenters. The van der Waals surface area contributed by atoms with Gasteiger partial charge in [0, 0.05) is 25.7 Å².